The van der Waals surface area contributed by atoms with E-state index < -0.39 is 15.9 Å². The first-order valence-corrected chi connectivity index (χ1v) is 10.1. The third-order valence-electron chi connectivity index (χ3n) is 4.37. The van der Waals surface area contributed by atoms with Crippen LogP contribution in [0.25, 0.3) is 0 Å². The normalized spacial score (nSPS) is 17.0. The van der Waals surface area contributed by atoms with Crippen molar-refractivity contribution in [1.29, 1.82) is 0 Å². The zero-order valence-electron chi connectivity index (χ0n) is 15.2. The highest BCUT2D eigenvalue weighted by Gasteiger charge is 2.27. The van der Waals surface area contributed by atoms with E-state index in [1.165, 1.54) is 19.2 Å². The van der Waals surface area contributed by atoms with Crippen molar-refractivity contribution in [3.05, 3.63) is 41.5 Å². The zero-order chi connectivity index (χ0) is 19.4. The van der Waals surface area contributed by atoms with E-state index in [1.807, 2.05) is 19.1 Å². The van der Waals surface area contributed by atoms with Gasteiger partial charge in [0.15, 0.2) is 5.76 Å². The number of sulfonamides is 1. The summed E-state index contributed by atoms with van der Waals surface area (Å²) in [7, 11) is -2.46. The summed E-state index contributed by atoms with van der Waals surface area (Å²) in [5, 5.41) is 2.49. The Kier molecular flexibility index (Phi) is 6.00. The Balaban J connectivity index is 1.70. The highest BCUT2D eigenvalue weighted by atomic mass is 32.2. The molecule has 1 amide bonds. The lowest BCUT2D eigenvalue weighted by atomic mass is 10.1. The summed E-state index contributed by atoms with van der Waals surface area (Å²) in [5.74, 6) is 0.990. The van der Waals surface area contributed by atoms with Gasteiger partial charge >= 0.3 is 0 Å². The fourth-order valence-corrected chi connectivity index (χ4v) is 3.54. The minimum absolute atomic E-state index is 0.0693. The standard InChI is InChI=1S/C17H23N3O6S/c1-12-3-4-14(25-12)13(20-7-9-24-10-8-20)11-19-17(21)15-5-6-16(26-15)27(22,23)18-2/h3-6,13,18H,7-11H2,1-2H3,(H,19,21). The second-order valence-electron chi connectivity index (χ2n) is 6.15. The number of hydrogen-bond donors (Lipinski definition) is 2. The number of nitrogens with zero attached hydrogens (tertiary/aromatic N) is 1. The number of amides is 1. The number of ether oxygens (including phenoxy) is 1. The number of carbonyl (C=O) groups is 1. The molecule has 0 aliphatic carbocycles. The van der Waals surface area contributed by atoms with E-state index in [2.05, 4.69) is 14.9 Å². The third-order valence-corrected chi connectivity index (χ3v) is 5.66. The summed E-state index contributed by atoms with van der Waals surface area (Å²) in [4.78, 5) is 14.6. The van der Waals surface area contributed by atoms with Gasteiger partial charge in [0, 0.05) is 19.6 Å². The van der Waals surface area contributed by atoms with Crippen LogP contribution in [0.4, 0.5) is 0 Å². The van der Waals surface area contributed by atoms with Gasteiger partial charge < -0.3 is 18.9 Å². The van der Waals surface area contributed by atoms with Crippen LogP contribution in [0, 0.1) is 6.92 Å². The summed E-state index contributed by atoms with van der Waals surface area (Å²) >= 11 is 0. The second-order valence-corrected chi connectivity index (χ2v) is 7.97. The molecule has 0 bridgehead atoms. The topological polar surface area (TPSA) is 114 Å². The minimum Gasteiger partial charge on any atom is -0.465 e. The maximum atomic E-state index is 12.4. The molecule has 2 N–H and O–H groups in total. The summed E-state index contributed by atoms with van der Waals surface area (Å²) in [5.41, 5.74) is 0. The van der Waals surface area contributed by atoms with Crippen LogP contribution in [0.15, 0.2) is 38.2 Å². The Morgan fingerprint density at radius 1 is 1.19 bits per heavy atom. The van der Waals surface area contributed by atoms with Crippen LogP contribution < -0.4 is 10.0 Å². The molecule has 0 saturated carbocycles. The van der Waals surface area contributed by atoms with E-state index in [0.717, 1.165) is 24.6 Å². The SMILES string of the molecule is CNS(=O)(=O)c1ccc(C(=O)NCC(c2ccc(C)o2)N2CCOCC2)o1. The van der Waals surface area contributed by atoms with Crippen LogP contribution in [-0.4, -0.2) is 59.1 Å². The van der Waals surface area contributed by atoms with Crippen molar-refractivity contribution < 1.29 is 26.8 Å². The van der Waals surface area contributed by atoms with Crippen LogP contribution in [0.2, 0.25) is 0 Å². The maximum Gasteiger partial charge on any atom is 0.287 e. The lowest BCUT2D eigenvalue weighted by molar-refractivity contribution is 0.0116. The van der Waals surface area contributed by atoms with Gasteiger partial charge in [0.25, 0.3) is 15.9 Å². The average molecular weight is 397 g/mol. The van der Waals surface area contributed by atoms with Gasteiger partial charge in [0.05, 0.1) is 19.3 Å². The third kappa shape index (κ3) is 4.59. The average Bonchev–Trinajstić information content (AvgIpc) is 3.33. The van der Waals surface area contributed by atoms with E-state index in [9.17, 15) is 13.2 Å². The smallest absolute Gasteiger partial charge is 0.287 e. The summed E-state index contributed by atoms with van der Waals surface area (Å²) in [6, 6.07) is 6.20. The van der Waals surface area contributed by atoms with Gasteiger partial charge in [-0.05, 0) is 38.2 Å². The first kappa shape index (κ1) is 19.6. The van der Waals surface area contributed by atoms with Crippen molar-refractivity contribution in [2.45, 2.75) is 18.1 Å². The van der Waals surface area contributed by atoms with Gasteiger partial charge in [-0.15, -0.1) is 0 Å². The van der Waals surface area contributed by atoms with Crippen molar-refractivity contribution in [3.8, 4) is 0 Å². The quantitative estimate of drug-likeness (QED) is 0.713. The molecule has 27 heavy (non-hydrogen) atoms. The molecular weight excluding hydrogens is 374 g/mol. The monoisotopic (exact) mass is 397 g/mol. The number of hydrogen-bond acceptors (Lipinski definition) is 7. The van der Waals surface area contributed by atoms with Crippen molar-refractivity contribution in [1.82, 2.24) is 14.9 Å². The Bertz CT molecular complexity index is 882. The molecule has 1 fully saturated rings. The van der Waals surface area contributed by atoms with Crippen LogP contribution in [0.1, 0.15) is 28.1 Å². The molecule has 1 unspecified atom stereocenters. The highest BCUT2D eigenvalue weighted by molar-refractivity contribution is 7.89. The lowest BCUT2D eigenvalue weighted by Gasteiger charge is -2.33. The molecule has 148 valence electrons. The Hall–Kier alpha value is -2.14. The molecule has 1 saturated heterocycles. The van der Waals surface area contributed by atoms with Gasteiger partial charge in [-0.2, -0.15) is 0 Å². The molecule has 0 radical (unpaired) electrons. The molecule has 2 aromatic heterocycles. The highest BCUT2D eigenvalue weighted by Crippen LogP contribution is 2.23. The number of morpholine rings is 1. The fourth-order valence-electron chi connectivity index (χ4n) is 2.89. The molecule has 0 spiro atoms. The first-order valence-electron chi connectivity index (χ1n) is 8.60. The van der Waals surface area contributed by atoms with Crippen molar-refractivity contribution in [3.63, 3.8) is 0 Å². The molecule has 3 rings (SSSR count). The van der Waals surface area contributed by atoms with E-state index in [-0.39, 0.29) is 16.9 Å². The first-order chi connectivity index (χ1) is 12.9. The summed E-state index contributed by atoms with van der Waals surface area (Å²) in [6.45, 7) is 4.85. The van der Waals surface area contributed by atoms with Crippen molar-refractivity contribution in [2.24, 2.45) is 0 Å². The molecule has 2 aromatic rings. The van der Waals surface area contributed by atoms with E-state index >= 15 is 0 Å². The largest absolute Gasteiger partial charge is 0.465 e. The lowest BCUT2D eigenvalue weighted by Crippen LogP contribution is -2.43. The number of carbonyl (C=O) groups excluding carboxylic acids is 1. The molecule has 1 aliphatic rings. The zero-order valence-corrected chi connectivity index (χ0v) is 16.0. The maximum absolute atomic E-state index is 12.4. The summed E-state index contributed by atoms with van der Waals surface area (Å²) < 4.78 is 41.9. The van der Waals surface area contributed by atoms with Crippen molar-refractivity contribution in [2.75, 3.05) is 39.9 Å². The Morgan fingerprint density at radius 2 is 1.93 bits per heavy atom. The second kappa shape index (κ2) is 8.26. The van der Waals surface area contributed by atoms with Crippen molar-refractivity contribution >= 4 is 15.9 Å². The fraction of sp³-hybridized carbons (Fsp3) is 0.471. The molecule has 1 atom stereocenters. The molecule has 3 heterocycles. The predicted molar refractivity (Wildman–Crippen MR) is 95.9 cm³/mol. The van der Waals surface area contributed by atoms with Gasteiger partial charge in [-0.25, -0.2) is 13.1 Å². The van der Waals surface area contributed by atoms with Crippen LogP contribution >= 0.6 is 0 Å². The number of rotatable bonds is 7. The Labute approximate surface area is 157 Å². The molecule has 0 aromatic carbocycles. The van der Waals surface area contributed by atoms with Gasteiger partial charge in [-0.1, -0.05) is 0 Å². The van der Waals surface area contributed by atoms with Gasteiger partial charge in [-0.3, -0.25) is 9.69 Å². The van der Waals surface area contributed by atoms with E-state index in [1.54, 1.807) is 0 Å². The predicted octanol–water partition coefficient (Wildman–Crippen LogP) is 0.892. The van der Waals surface area contributed by atoms with E-state index in [4.69, 9.17) is 13.6 Å². The molecular formula is C17H23N3O6S. The van der Waals surface area contributed by atoms with E-state index in [0.29, 0.717) is 19.8 Å². The van der Waals surface area contributed by atoms with Crippen LogP contribution in [-0.2, 0) is 14.8 Å². The minimum atomic E-state index is -3.73. The van der Waals surface area contributed by atoms with Crippen LogP contribution in [0.3, 0.4) is 0 Å². The Morgan fingerprint density at radius 3 is 2.56 bits per heavy atom. The number of aryl methyl sites for hydroxylation is 1. The molecule has 1 aliphatic heterocycles. The van der Waals surface area contributed by atoms with Gasteiger partial charge in [0.2, 0.25) is 5.09 Å². The molecule has 9 nitrogen and oxygen atoms in total. The van der Waals surface area contributed by atoms with Crippen LogP contribution in [0.5, 0.6) is 0 Å². The number of nitrogens with one attached hydrogen (secondary N) is 2. The van der Waals surface area contributed by atoms with Gasteiger partial charge in [0.1, 0.15) is 11.5 Å². The summed E-state index contributed by atoms with van der Waals surface area (Å²) in [6.07, 6.45) is 0. The number of furan rings is 2. The molecule has 10 heteroatoms.